The quantitative estimate of drug-likeness (QED) is 0.0294. The standard InChI is InChI=1S/C31H50N7O17P3S/c1-4-5-6-7-8-9-10-11-22(40)59-15-14-33-21(39)12-13-34-29(43)26(42)31(2,3)17-52-58(49,50)55-57(47,48)51-16-20-25(54-56(44,45)46)24(41)30(53-20)38-19-37-23-27(32)35-18-36-28(23)38/h8-11,18-20,24-26,30,41-42H,4-7,12-17H2,1-3H3,(H,33,39)(H,34,43)(H,47,48)(H,49,50)(H2,32,35,36)(H2,44,45,46)/b9-8-,11-10+/t20-,24-,25-,26+,30-/m1/s1. The third kappa shape index (κ3) is 16.8. The smallest absolute Gasteiger partial charge is 0.386 e. The summed E-state index contributed by atoms with van der Waals surface area (Å²) >= 11 is 1.02. The van der Waals surface area contributed by atoms with E-state index in [4.69, 9.17) is 19.5 Å². The van der Waals surface area contributed by atoms with E-state index in [-0.39, 0.29) is 41.6 Å². The van der Waals surface area contributed by atoms with Gasteiger partial charge in [-0.2, -0.15) is 4.31 Å². The molecule has 0 bridgehead atoms. The normalized spacial score (nSPS) is 21.4. The molecule has 1 saturated heterocycles. The van der Waals surface area contributed by atoms with E-state index in [1.165, 1.54) is 19.9 Å². The van der Waals surface area contributed by atoms with Crippen LogP contribution in [0.3, 0.4) is 0 Å². The van der Waals surface area contributed by atoms with Crippen molar-refractivity contribution in [3.63, 3.8) is 0 Å². The average Bonchev–Trinajstić information content (AvgIpc) is 3.71. The monoisotopic (exact) mass is 917 g/mol. The number of carbonyl (C=O) groups excluding carboxylic acids is 3. The van der Waals surface area contributed by atoms with Crippen LogP contribution in [0.15, 0.2) is 37.0 Å². The number of aliphatic hydroxyl groups excluding tert-OH is 2. The number of hydrogen-bond donors (Lipinski definition) is 9. The number of aliphatic hydroxyl groups is 2. The number of ether oxygens (including phenoxy) is 1. The van der Waals surface area contributed by atoms with Crippen molar-refractivity contribution in [1.82, 2.24) is 30.2 Å². The van der Waals surface area contributed by atoms with Crippen LogP contribution in [0.4, 0.5) is 5.82 Å². The zero-order valence-electron chi connectivity index (χ0n) is 32.2. The van der Waals surface area contributed by atoms with Crippen LogP contribution < -0.4 is 16.4 Å². The van der Waals surface area contributed by atoms with Gasteiger partial charge in [-0.1, -0.05) is 63.6 Å². The summed E-state index contributed by atoms with van der Waals surface area (Å²) in [5.41, 5.74) is 4.26. The van der Waals surface area contributed by atoms with Crippen molar-refractivity contribution in [3.05, 3.63) is 37.0 Å². The molecule has 0 aliphatic carbocycles. The van der Waals surface area contributed by atoms with Crippen LogP contribution in [-0.2, 0) is 50.7 Å². The number of nitrogens with two attached hydrogens (primary N) is 1. The second-order valence-electron chi connectivity index (χ2n) is 13.5. The largest absolute Gasteiger partial charge is 0.481 e. The van der Waals surface area contributed by atoms with Crippen LogP contribution in [0.2, 0.25) is 0 Å². The molecule has 2 aromatic rings. The van der Waals surface area contributed by atoms with Gasteiger partial charge in [-0.25, -0.2) is 28.6 Å². The summed E-state index contributed by atoms with van der Waals surface area (Å²) in [6.07, 6.45) is 4.28. The summed E-state index contributed by atoms with van der Waals surface area (Å²) in [4.78, 5) is 87.6. The molecule has 3 rings (SSSR count). The number of nitrogens with one attached hydrogen (secondary N) is 2. The van der Waals surface area contributed by atoms with Gasteiger partial charge in [0, 0.05) is 30.7 Å². The summed E-state index contributed by atoms with van der Waals surface area (Å²) < 4.78 is 62.2. The fourth-order valence-electron chi connectivity index (χ4n) is 5.15. The highest BCUT2D eigenvalue weighted by Gasteiger charge is 2.50. The second kappa shape index (κ2) is 22.8. The summed E-state index contributed by atoms with van der Waals surface area (Å²) in [6.45, 7) is 2.59. The number of anilines is 1. The van der Waals surface area contributed by atoms with Gasteiger partial charge in [0.2, 0.25) is 16.9 Å². The first-order valence-electron chi connectivity index (χ1n) is 17.9. The number of hydrogen-bond acceptors (Lipinski definition) is 18. The number of phosphoric ester groups is 3. The van der Waals surface area contributed by atoms with Crippen molar-refractivity contribution in [2.75, 3.05) is 37.8 Å². The Morgan fingerprint density at radius 2 is 1.76 bits per heavy atom. The molecule has 10 N–H and O–H groups in total. The van der Waals surface area contributed by atoms with Crippen LogP contribution in [0.25, 0.3) is 11.2 Å². The number of aromatic nitrogens is 4. The molecule has 1 aliphatic rings. The summed E-state index contributed by atoms with van der Waals surface area (Å²) in [7, 11) is -16.4. The van der Waals surface area contributed by atoms with Gasteiger partial charge in [-0.05, 0) is 18.9 Å². The van der Waals surface area contributed by atoms with E-state index in [0.29, 0.717) is 5.75 Å². The van der Waals surface area contributed by atoms with Gasteiger partial charge in [0.1, 0.15) is 36.3 Å². The maximum atomic E-state index is 12.7. The molecule has 0 saturated carbocycles. The molecule has 7 atom stereocenters. The fourth-order valence-corrected chi connectivity index (χ4v) is 8.56. The number of imidazole rings is 1. The van der Waals surface area contributed by atoms with Gasteiger partial charge in [-0.3, -0.25) is 32.5 Å². The van der Waals surface area contributed by atoms with Crippen LogP contribution >= 0.6 is 35.2 Å². The number of rotatable bonds is 25. The lowest BCUT2D eigenvalue weighted by Crippen LogP contribution is -2.46. The Morgan fingerprint density at radius 3 is 2.46 bits per heavy atom. The van der Waals surface area contributed by atoms with Gasteiger partial charge in [0.05, 0.1) is 19.5 Å². The summed E-state index contributed by atoms with van der Waals surface area (Å²) in [5.74, 6) is -1.15. The lowest BCUT2D eigenvalue weighted by molar-refractivity contribution is -0.137. The van der Waals surface area contributed by atoms with Gasteiger partial charge >= 0.3 is 23.5 Å². The molecular weight excluding hydrogens is 867 g/mol. The predicted molar refractivity (Wildman–Crippen MR) is 210 cm³/mol. The van der Waals surface area contributed by atoms with E-state index in [1.54, 1.807) is 6.08 Å². The number of thioether (sulfide) groups is 1. The number of nitrogens with zero attached hydrogens (tertiary/aromatic N) is 4. The molecule has 59 heavy (non-hydrogen) atoms. The number of phosphoric acid groups is 3. The highest BCUT2D eigenvalue weighted by atomic mass is 32.2. The molecule has 0 radical (unpaired) electrons. The number of nitrogen functional groups attached to an aromatic ring is 1. The topological polar surface area (TPSA) is 364 Å². The number of fused-ring (bicyclic) bond motifs is 1. The Balaban J connectivity index is 1.44. The van der Waals surface area contributed by atoms with Gasteiger partial charge in [-0.15, -0.1) is 0 Å². The first-order valence-corrected chi connectivity index (χ1v) is 23.5. The van der Waals surface area contributed by atoms with Gasteiger partial charge in [0.15, 0.2) is 17.7 Å². The first-order chi connectivity index (χ1) is 27.6. The van der Waals surface area contributed by atoms with E-state index in [9.17, 15) is 57.9 Å². The SMILES string of the molecule is CCCCC/C=C\C=C\C(=O)SCCNC(=O)CCNC(=O)[C@H](O)C(C)(C)COP(=O)(O)OP(=O)(O)OC[C@H]1O[C@@H](n2cnc3c(N)ncnc32)[C@H](O)[C@@H]1OP(=O)(O)O. The second-order valence-corrected chi connectivity index (χ2v) is 18.9. The minimum atomic E-state index is -5.57. The number of carbonyl (C=O) groups is 3. The van der Waals surface area contributed by atoms with Crippen molar-refractivity contribution in [2.45, 2.75) is 83.5 Å². The molecular formula is C31H50N7O17P3S. The lowest BCUT2D eigenvalue weighted by Gasteiger charge is -2.30. The molecule has 0 aromatic carbocycles. The van der Waals surface area contributed by atoms with Crippen molar-refractivity contribution >= 4 is 69.1 Å². The Kier molecular flexibility index (Phi) is 19.4. The first kappa shape index (κ1) is 50.4. The average molecular weight is 918 g/mol. The lowest BCUT2D eigenvalue weighted by atomic mass is 9.87. The summed E-state index contributed by atoms with van der Waals surface area (Å²) in [5, 5.41) is 26.2. The Morgan fingerprint density at radius 1 is 1.05 bits per heavy atom. The number of amides is 2. The maximum Gasteiger partial charge on any atom is 0.481 e. The van der Waals surface area contributed by atoms with Gasteiger partial charge in [0.25, 0.3) is 0 Å². The van der Waals surface area contributed by atoms with E-state index < -0.39 is 84.6 Å². The Bertz CT molecular complexity index is 1950. The highest BCUT2D eigenvalue weighted by molar-refractivity contribution is 8.14. The zero-order chi connectivity index (χ0) is 44.0. The molecule has 1 fully saturated rings. The highest BCUT2D eigenvalue weighted by Crippen LogP contribution is 2.61. The molecule has 0 spiro atoms. The van der Waals surface area contributed by atoms with Crippen molar-refractivity contribution in [1.29, 1.82) is 0 Å². The molecule has 2 unspecified atom stereocenters. The molecule has 2 amide bonds. The van der Waals surface area contributed by atoms with Crippen LogP contribution in [-0.4, -0.2) is 123 Å². The predicted octanol–water partition coefficient (Wildman–Crippen LogP) is 1.36. The van der Waals surface area contributed by atoms with Crippen molar-refractivity contribution < 1.29 is 80.5 Å². The minimum absolute atomic E-state index is 0.0300. The van der Waals surface area contributed by atoms with E-state index in [2.05, 4.69) is 41.3 Å². The third-order valence-electron chi connectivity index (χ3n) is 8.20. The molecule has 3 heterocycles. The summed E-state index contributed by atoms with van der Waals surface area (Å²) in [6, 6.07) is 0. The zero-order valence-corrected chi connectivity index (χ0v) is 35.7. The number of allylic oxidation sites excluding steroid dienone is 3. The minimum Gasteiger partial charge on any atom is -0.386 e. The maximum absolute atomic E-state index is 12.7. The fraction of sp³-hybridized carbons (Fsp3) is 0.613. The van der Waals surface area contributed by atoms with E-state index >= 15 is 0 Å². The molecule has 28 heteroatoms. The van der Waals surface area contributed by atoms with Crippen molar-refractivity contribution in [3.8, 4) is 0 Å². The molecule has 24 nitrogen and oxygen atoms in total. The van der Waals surface area contributed by atoms with E-state index in [0.717, 1.165) is 54.7 Å². The van der Waals surface area contributed by atoms with Crippen LogP contribution in [0.1, 0.15) is 59.1 Å². The molecule has 2 aromatic heterocycles. The molecule has 332 valence electrons. The van der Waals surface area contributed by atoms with Crippen LogP contribution in [0.5, 0.6) is 0 Å². The number of unbranched alkanes of at least 4 members (excludes halogenated alkanes) is 3. The van der Waals surface area contributed by atoms with E-state index in [1.807, 2.05) is 12.2 Å². The Labute approximate surface area is 342 Å². The molecule has 1 aliphatic heterocycles. The Hall–Kier alpha value is -2.96. The van der Waals surface area contributed by atoms with Gasteiger partial charge < -0.3 is 50.9 Å². The van der Waals surface area contributed by atoms with Crippen molar-refractivity contribution in [2.24, 2.45) is 5.41 Å². The third-order valence-corrected chi connectivity index (χ3v) is 12.1. The van der Waals surface area contributed by atoms with Crippen LogP contribution in [0, 0.1) is 5.41 Å².